The Kier molecular flexibility index (Phi) is 6.47. The topological polar surface area (TPSA) is 72.1 Å². The maximum absolute atomic E-state index is 4.75. The number of aliphatic imine (C=N–C) groups is 1. The van der Waals surface area contributed by atoms with Gasteiger partial charge in [0.1, 0.15) is 0 Å². The van der Waals surface area contributed by atoms with E-state index in [0.29, 0.717) is 13.1 Å². The summed E-state index contributed by atoms with van der Waals surface area (Å²) in [5.74, 6) is 0.810. The Morgan fingerprint density at radius 3 is 2.68 bits per heavy atom. The Bertz CT molecular complexity index is 922. The zero-order valence-electron chi connectivity index (χ0n) is 17.1. The lowest BCUT2D eigenvalue weighted by Gasteiger charge is -2.12. The third-order valence-electron chi connectivity index (χ3n) is 4.77. The molecule has 7 nitrogen and oxygen atoms in total. The predicted octanol–water partition coefficient (Wildman–Crippen LogP) is 2.54. The molecule has 0 spiro atoms. The second-order valence-corrected chi connectivity index (χ2v) is 6.88. The molecule has 28 heavy (non-hydrogen) atoms. The van der Waals surface area contributed by atoms with E-state index in [1.165, 1.54) is 22.4 Å². The summed E-state index contributed by atoms with van der Waals surface area (Å²) in [5, 5.41) is 11.2. The first-order valence-electron chi connectivity index (χ1n) is 9.61. The first kappa shape index (κ1) is 19.7. The van der Waals surface area contributed by atoms with Crippen LogP contribution in [0.15, 0.2) is 48.0 Å². The molecule has 0 unspecified atom stereocenters. The largest absolute Gasteiger partial charge is 0.357 e. The summed E-state index contributed by atoms with van der Waals surface area (Å²) in [7, 11) is 1.97. The van der Waals surface area contributed by atoms with Crippen molar-refractivity contribution in [1.82, 2.24) is 30.0 Å². The lowest BCUT2D eigenvalue weighted by Crippen LogP contribution is -2.37. The predicted molar refractivity (Wildman–Crippen MR) is 112 cm³/mol. The molecule has 7 heteroatoms. The maximum Gasteiger partial charge on any atom is 0.191 e. The number of rotatable bonds is 7. The quantitative estimate of drug-likeness (QED) is 0.489. The second kappa shape index (κ2) is 9.21. The van der Waals surface area contributed by atoms with Crippen LogP contribution in [0.3, 0.4) is 0 Å². The van der Waals surface area contributed by atoms with E-state index < -0.39 is 0 Å². The van der Waals surface area contributed by atoms with Gasteiger partial charge in [-0.25, -0.2) is 9.98 Å². The minimum Gasteiger partial charge on any atom is -0.357 e. The number of aromatic nitrogens is 4. The lowest BCUT2D eigenvalue weighted by molar-refractivity contribution is 0.728. The van der Waals surface area contributed by atoms with Crippen LogP contribution in [0.25, 0.3) is 0 Å². The molecule has 0 atom stereocenters. The van der Waals surface area contributed by atoms with Crippen LogP contribution in [0.1, 0.15) is 35.0 Å². The highest BCUT2D eigenvalue weighted by Crippen LogP contribution is 2.11. The van der Waals surface area contributed by atoms with E-state index in [0.717, 1.165) is 24.7 Å². The molecule has 3 rings (SSSR count). The zero-order valence-corrected chi connectivity index (χ0v) is 17.1. The number of hydrogen-bond donors (Lipinski definition) is 2. The summed E-state index contributed by atoms with van der Waals surface area (Å²) in [6, 6.07) is 8.52. The van der Waals surface area contributed by atoms with Gasteiger partial charge in [0.05, 0.1) is 18.6 Å². The molecular formula is C21H29N7. The highest BCUT2D eigenvalue weighted by atomic mass is 15.3. The third-order valence-corrected chi connectivity index (χ3v) is 4.77. The van der Waals surface area contributed by atoms with Crippen LogP contribution >= 0.6 is 0 Å². The van der Waals surface area contributed by atoms with Crippen molar-refractivity contribution in [1.29, 1.82) is 0 Å². The van der Waals surface area contributed by atoms with Gasteiger partial charge in [-0.1, -0.05) is 24.3 Å². The first-order valence-corrected chi connectivity index (χ1v) is 9.61. The molecular weight excluding hydrogens is 350 g/mol. The van der Waals surface area contributed by atoms with E-state index in [2.05, 4.69) is 63.4 Å². The molecule has 0 aliphatic carbocycles. The highest BCUT2D eigenvalue weighted by molar-refractivity contribution is 5.79. The van der Waals surface area contributed by atoms with Gasteiger partial charge in [-0.2, -0.15) is 5.10 Å². The fourth-order valence-corrected chi connectivity index (χ4v) is 3.17. The van der Waals surface area contributed by atoms with Crippen molar-refractivity contribution in [2.24, 2.45) is 12.0 Å². The van der Waals surface area contributed by atoms with E-state index in [1.54, 1.807) is 6.20 Å². The molecule has 0 bridgehead atoms. The van der Waals surface area contributed by atoms with Crippen molar-refractivity contribution in [2.75, 3.05) is 6.54 Å². The number of guanidine groups is 1. The lowest BCUT2D eigenvalue weighted by atomic mass is 10.1. The molecule has 1 aromatic carbocycles. The number of imidazole rings is 1. The van der Waals surface area contributed by atoms with Crippen LogP contribution in [0.5, 0.6) is 0 Å². The van der Waals surface area contributed by atoms with Gasteiger partial charge in [0, 0.05) is 50.3 Å². The van der Waals surface area contributed by atoms with Gasteiger partial charge < -0.3 is 15.2 Å². The van der Waals surface area contributed by atoms with Gasteiger partial charge in [-0.15, -0.1) is 0 Å². The van der Waals surface area contributed by atoms with Crippen LogP contribution < -0.4 is 10.6 Å². The molecule has 2 heterocycles. The summed E-state index contributed by atoms with van der Waals surface area (Å²) < 4.78 is 3.98. The van der Waals surface area contributed by atoms with E-state index in [1.807, 2.05) is 31.2 Å². The summed E-state index contributed by atoms with van der Waals surface area (Å²) in [6.45, 7) is 9.17. The number of aryl methyl sites for hydroxylation is 2. The maximum atomic E-state index is 4.75. The van der Waals surface area contributed by atoms with E-state index in [9.17, 15) is 0 Å². The van der Waals surface area contributed by atoms with E-state index in [-0.39, 0.29) is 0 Å². The highest BCUT2D eigenvalue weighted by Gasteiger charge is 2.09. The SMILES string of the molecule is CCNC(=NCc1cccc(Cn2ccnc2)c1)NCc1c(C)nn(C)c1C. The molecule has 0 saturated heterocycles. The minimum absolute atomic E-state index is 0.623. The van der Waals surface area contributed by atoms with Crippen LogP contribution in [-0.2, 0) is 26.7 Å². The monoisotopic (exact) mass is 379 g/mol. The average molecular weight is 380 g/mol. The Morgan fingerprint density at radius 1 is 1.18 bits per heavy atom. The van der Waals surface area contributed by atoms with Crippen molar-refractivity contribution in [2.45, 2.75) is 40.4 Å². The van der Waals surface area contributed by atoms with Crippen LogP contribution in [0.4, 0.5) is 0 Å². The van der Waals surface area contributed by atoms with Crippen LogP contribution in [0.2, 0.25) is 0 Å². The first-order chi connectivity index (χ1) is 13.6. The van der Waals surface area contributed by atoms with E-state index in [4.69, 9.17) is 4.99 Å². The Hall–Kier alpha value is -3.09. The zero-order chi connectivity index (χ0) is 19.9. The molecule has 2 aromatic heterocycles. The molecule has 0 aliphatic heterocycles. The summed E-state index contributed by atoms with van der Waals surface area (Å²) in [4.78, 5) is 8.85. The molecule has 148 valence electrons. The van der Waals surface area contributed by atoms with Crippen LogP contribution in [0, 0.1) is 13.8 Å². The number of nitrogens with one attached hydrogen (secondary N) is 2. The Balaban J connectivity index is 1.65. The van der Waals surface area contributed by atoms with Gasteiger partial charge >= 0.3 is 0 Å². The van der Waals surface area contributed by atoms with E-state index >= 15 is 0 Å². The van der Waals surface area contributed by atoms with Gasteiger partial charge in [0.15, 0.2) is 5.96 Å². The average Bonchev–Trinajstić information content (AvgIpc) is 3.27. The molecule has 0 radical (unpaired) electrons. The molecule has 2 N–H and O–H groups in total. The van der Waals surface area contributed by atoms with Crippen LogP contribution in [-0.4, -0.2) is 31.8 Å². The van der Waals surface area contributed by atoms with Crippen molar-refractivity contribution < 1.29 is 0 Å². The van der Waals surface area contributed by atoms with Gasteiger partial charge in [-0.3, -0.25) is 4.68 Å². The molecule has 0 saturated carbocycles. The van der Waals surface area contributed by atoms with Gasteiger partial charge in [0.25, 0.3) is 0 Å². The fourth-order valence-electron chi connectivity index (χ4n) is 3.17. The number of benzene rings is 1. The standard InChI is InChI=1S/C21H29N7/c1-5-23-21(25-13-20-16(2)26-27(4)17(20)3)24-12-18-7-6-8-19(11-18)14-28-10-9-22-15-28/h6-11,15H,5,12-14H2,1-4H3,(H2,23,24,25). The summed E-state index contributed by atoms with van der Waals surface area (Å²) >= 11 is 0. The van der Waals surface area contributed by atoms with Gasteiger partial charge in [0.2, 0.25) is 0 Å². The fraction of sp³-hybridized carbons (Fsp3) is 0.381. The molecule has 0 fully saturated rings. The molecule has 3 aromatic rings. The summed E-state index contributed by atoms with van der Waals surface area (Å²) in [5.41, 5.74) is 5.87. The van der Waals surface area contributed by atoms with Crippen molar-refractivity contribution in [3.05, 3.63) is 71.1 Å². The molecule has 0 amide bonds. The number of hydrogen-bond acceptors (Lipinski definition) is 3. The smallest absolute Gasteiger partial charge is 0.191 e. The second-order valence-electron chi connectivity index (χ2n) is 6.88. The molecule has 0 aliphatic rings. The van der Waals surface area contributed by atoms with Crippen molar-refractivity contribution >= 4 is 5.96 Å². The Labute approximate surface area is 166 Å². The van der Waals surface area contributed by atoms with Crippen molar-refractivity contribution in [3.8, 4) is 0 Å². The third kappa shape index (κ3) is 5.00. The normalized spacial score (nSPS) is 11.6. The number of nitrogens with zero attached hydrogens (tertiary/aromatic N) is 5. The van der Waals surface area contributed by atoms with Gasteiger partial charge in [-0.05, 0) is 31.9 Å². The summed E-state index contributed by atoms with van der Waals surface area (Å²) in [6.07, 6.45) is 5.61. The van der Waals surface area contributed by atoms with Crippen molar-refractivity contribution in [3.63, 3.8) is 0 Å². The minimum atomic E-state index is 0.623. The Morgan fingerprint density at radius 2 is 2.00 bits per heavy atom.